The Bertz CT molecular complexity index is 1830. The van der Waals surface area contributed by atoms with Gasteiger partial charge in [-0.3, -0.25) is 15.0 Å². The number of rotatable bonds is 6. The number of fused-ring (bicyclic) bond motifs is 2. The van der Waals surface area contributed by atoms with Crippen LogP contribution in [-0.4, -0.2) is 48.1 Å². The van der Waals surface area contributed by atoms with Crippen molar-refractivity contribution < 1.29 is 4.39 Å². The number of nitrogens with two attached hydrogens (primary N) is 1. The van der Waals surface area contributed by atoms with E-state index in [1.165, 1.54) is 37.0 Å². The molecule has 40 heavy (non-hydrogen) atoms. The molecule has 6 aromatic rings. The van der Waals surface area contributed by atoms with Crippen LogP contribution in [0.3, 0.4) is 0 Å². The summed E-state index contributed by atoms with van der Waals surface area (Å²) < 4.78 is 14.3. The molecule has 0 amide bonds. The zero-order valence-electron chi connectivity index (χ0n) is 22.0. The molecule has 2 aromatic carbocycles. The van der Waals surface area contributed by atoms with Crippen LogP contribution in [-0.2, 0) is 13.1 Å². The molecule has 8 nitrogen and oxygen atoms in total. The lowest BCUT2D eigenvalue weighted by Crippen LogP contribution is -2.29. The minimum Gasteiger partial charge on any atom is -0.337 e. The summed E-state index contributed by atoms with van der Waals surface area (Å²) in [6.45, 7) is 3.46. The molecule has 4 aromatic heterocycles. The number of aromatic amines is 2. The van der Waals surface area contributed by atoms with Crippen LogP contribution in [0.1, 0.15) is 30.4 Å². The standard InChI is InChI=1S/C31H29FN8/c32-24-11-19(14-33)9-21(12-24)25-5-4-6-27-28(25)37-31(36-27)29-26-13-23(17-35-30(26)39-38-29)22-10-20(15-34-16-22)18-40-7-2-1-3-8-40/h4-6,9-13,15-17H,1-3,7-8,14,18,33H2,(H,36,37)(H,35,38,39). The number of likely N-dealkylation sites (tertiary alicyclic amines) is 1. The van der Waals surface area contributed by atoms with Gasteiger partial charge in [0.2, 0.25) is 0 Å². The van der Waals surface area contributed by atoms with E-state index in [1.54, 1.807) is 0 Å². The third-order valence-electron chi connectivity index (χ3n) is 7.65. The molecule has 0 unspecified atom stereocenters. The van der Waals surface area contributed by atoms with Crippen molar-refractivity contribution in [3.05, 3.63) is 84.1 Å². The monoisotopic (exact) mass is 532 g/mol. The molecule has 5 heterocycles. The van der Waals surface area contributed by atoms with Crippen LogP contribution in [0.15, 0.2) is 67.1 Å². The summed E-state index contributed by atoms with van der Waals surface area (Å²) in [5, 5.41) is 8.40. The van der Waals surface area contributed by atoms with Gasteiger partial charge in [0.1, 0.15) is 11.5 Å². The fourth-order valence-electron chi connectivity index (χ4n) is 5.65. The Hall–Kier alpha value is -4.47. The summed E-state index contributed by atoms with van der Waals surface area (Å²) in [7, 11) is 0. The van der Waals surface area contributed by atoms with E-state index in [9.17, 15) is 4.39 Å². The van der Waals surface area contributed by atoms with Crippen LogP contribution >= 0.6 is 0 Å². The van der Waals surface area contributed by atoms with Crippen LogP contribution in [0.5, 0.6) is 0 Å². The van der Waals surface area contributed by atoms with Crippen LogP contribution < -0.4 is 5.73 Å². The Morgan fingerprint density at radius 1 is 0.900 bits per heavy atom. The van der Waals surface area contributed by atoms with Crippen molar-refractivity contribution in [2.24, 2.45) is 5.73 Å². The second kappa shape index (κ2) is 10.3. The number of piperidine rings is 1. The van der Waals surface area contributed by atoms with E-state index in [1.807, 2.05) is 42.9 Å². The minimum atomic E-state index is -0.321. The fraction of sp³-hybridized carbons (Fsp3) is 0.226. The first kappa shape index (κ1) is 24.6. The minimum absolute atomic E-state index is 0.263. The molecule has 1 aliphatic heterocycles. The third kappa shape index (κ3) is 4.63. The highest BCUT2D eigenvalue weighted by atomic mass is 19.1. The maximum Gasteiger partial charge on any atom is 0.181 e. The molecule has 0 radical (unpaired) electrons. The van der Waals surface area contributed by atoms with E-state index >= 15 is 0 Å². The molecule has 0 atom stereocenters. The van der Waals surface area contributed by atoms with Crippen molar-refractivity contribution in [2.75, 3.05) is 13.1 Å². The van der Waals surface area contributed by atoms with Gasteiger partial charge in [0, 0.05) is 48.4 Å². The molecule has 1 fully saturated rings. The van der Waals surface area contributed by atoms with E-state index < -0.39 is 0 Å². The number of hydrogen-bond donors (Lipinski definition) is 3. The number of H-pyrrole nitrogens is 2. The average Bonchev–Trinajstić information content (AvgIpc) is 3.61. The van der Waals surface area contributed by atoms with Crippen LogP contribution in [0.4, 0.5) is 4.39 Å². The van der Waals surface area contributed by atoms with Crippen molar-refractivity contribution in [3.63, 3.8) is 0 Å². The highest BCUT2D eigenvalue weighted by Crippen LogP contribution is 2.33. The lowest BCUT2D eigenvalue weighted by molar-refractivity contribution is 0.220. The van der Waals surface area contributed by atoms with Gasteiger partial charge in [0.25, 0.3) is 0 Å². The number of nitrogens with one attached hydrogen (secondary N) is 2. The number of imidazole rings is 1. The second-order valence-corrected chi connectivity index (χ2v) is 10.5. The van der Waals surface area contributed by atoms with E-state index in [0.717, 1.165) is 69.6 Å². The van der Waals surface area contributed by atoms with Gasteiger partial charge in [-0.05, 0) is 79.0 Å². The molecule has 0 saturated carbocycles. The van der Waals surface area contributed by atoms with Crippen molar-refractivity contribution in [2.45, 2.75) is 32.4 Å². The number of aromatic nitrogens is 6. The summed E-state index contributed by atoms with van der Waals surface area (Å²) >= 11 is 0. The largest absolute Gasteiger partial charge is 0.337 e. The Balaban J connectivity index is 1.26. The molecule has 1 aliphatic rings. The van der Waals surface area contributed by atoms with E-state index in [0.29, 0.717) is 11.5 Å². The van der Waals surface area contributed by atoms with Crippen molar-refractivity contribution in [1.29, 1.82) is 0 Å². The highest BCUT2D eigenvalue weighted by molar-refractivity contribution is 5.97. The summed E-state index contributed by atoms with van der Waals surface area (Å²) in [5.74, 6) is 0.315. The van der Waals surface area contributed by atoms with Gasteiger partial charge in [-0.2, -0.15) is 5.10 Å². The van der Waals surface area contributed by atoms with Gasteiger partial charge < -0.3 is 10.7 Å². The Morgan fingerprint density at radius 2 is 1.75 bits per heavy atom. The summed E-state index contributed by atoms with van der Waals surface area (Å²) in [6.07, 6.45) is 9.51. The van der Waals surface area contributed by atoms with Gasteiger partial charge >= 0.3 is 0 Å². The molecular formula is C31H29FN8. The molecule has 200 valence electrons. The predicted octanol–water partition coefficient (Wildman–Crippen LogP) is 5.81. The molecule has 7 rings (SSSR count). The van der Waals surface area contributed by atoms with Crippen molar-refractivity contribution >= 4 is 22.1 Å². The third-order valence-corrected chi connectivity index (χ3v) is 7.65. The second-order valence-electron chi connectivity index (χ2n) is 10.5. The normalized spacial score (nSPS) is 14.3. The summed E-state index contributed by atoms with van der Waals surface area (Å²) in [5.41, 5.74) is 14.2. The first-order chi connectivity index (χ1) is 19.6. The number of para-hydroxylation sites is 1. The molecule has 4 N–H and O–H groups in total. The SMILES string of the molecule is NCc1cc(F)cc(-c2cccc3[nH]c(-c4[nH]nc5ncc(-c6cncc(CN7CCCCC7)c6)cc45)nc23)c1. The predicted molar refractivity (Wildman–Crippen MR) is 155 cm³/mol. The molecule has 0 spiro atoms. The number of halogens is 1. The van der Waals surface area contributed by atoms with Crippen LogP contribution in [0.25, 0.3) is 55.8 Å². The van der Waals surface area contributed by atoms with E-state index in [2.05, 4.69) is 42.2 Å². The lowest BCUT2D eigenvalue weighted by atomic mass is 10.0. The Kier molecular flexibility index (Phi) is 6.30. The molecular weight excluding hydrogens is 503 g/mol. The number of pyridine rings is 2. The quantitative estimate of drug-likeness (QED) is 0.249. The van der Waals surface area contributed by atoms with Gasteiger partial charge in [-0.15, -0.1) is 0 Å². The number of hydrogen-bond acceptors (Lipinski definition) is 6. The smallest absolute Gasteiger partial charge is 0.181 e. The van der Waals surface area contributed by atoms with Gasteiger partial charge in [0.05, 0.1) is 16.4 Å². The molecule has 9 heteroatoms. The summed E-state index contributed by atoms with van der Waals surface area (Å²) in [4.78, 5) is 20.0. The maximum atomic E-state index is 14.3. The van der Waals surface area contributed by atoms with E-state index in [4.69, 9.17) is 10.7 Å². The first-order valence-corrected chi connectivity index (χ1v) is 13.6. The lowest BCUT2D eigenvalue weighted by Gasteiger charge is -2.26. The average molecular weight is 533 g/mol. The number of nitrogens with zero attached hydrogens (tertiary/aromatic N) is 5. The fourth-order valence-corrected chi connectivity index (χ4v) is 5.65. The maximum absolute atomic E-state index is 14.3. The zero-order valence-corrected chi connectivity index (χ0v) is 22.0. The van der Waals surface area contributed by atoms with Gasteiger partial charge in [-0.25, -0.2) is 14.4 Å². The van der Waals surface area contributed by atoms with E-state index in [-0.39, 0.29) is 12.4 Å². The van der Waals surface area contributed by atoms with Gasteiger partial charge in [-0.1, -0.05) is 18.6 Å². The van der Waals surface area contributed by atoms with Crippen molar-refractivity contribution in [1.82, 2.24) is 35.0 Å². The zero-order chi connectivity index (χ0) is 27.1. The molecule has 0 bridgehead atoms. The Morgan fingerprint density at radius 3 is 2.62 bits per heavy atom. The summed E-state index contributed by atoms with van der Waals surface area (Å²) in [6, 6.07) is 15.0. The topological polar surface area (TPSA) is 112 Å². The van der Waals surface area contributed by atoms with Crippen molar-refractivity contribution in [3.8, 4) is 33.8 Å². The van der Waals surface area contributed by atoms with Gasteiger partial charge in [0.15, 0.2) is 11.5 Å². The van der Waals surface area contributed by atoms with Crippen LogP contribution in [0.2, 0.25) is 0 Å². The number of benzene rings is 2. The molecule has 0 aliphatic carbocycles. The highest BCUT2D eigenvalue weighted by Gasteiger charge is 2.17. The molecule has 1 saturated heterocycles. The van der Waals surface area contributed by atoms with Crippen LogP contribution in [0, 0.1) is 5.82 Å². The Labute approximate surface area is 230 Å². The first-order valence-electron chi connectivity index (χ1n) is 13.6.